The van der Waals surface area contributed by atoms with Crippen LogP contribution in [0.3, 0.4) is 0 Å². The SMILES string of the molecule is CN(Cc1cccs1)c1nsnc1Cl. The summed E-state index contributed by atoms with van der Waals surface area (Å²) in [7, 11) is 1.96. The smallest absolute Gasteiger partial charge is 0.187 e. The molecule has 0 radical (unpaired) electrons. The normalized spacial score (nSPS) is 10.4. The number of hydrogen-bond donors (Lipinski definition) is 0. The molecule has 0 bridgehead atoms. The lowest BCUT2D eigenvalue weighted by atomic mass is 10.4. The van der Waals surface area contributed by atoms with E-state index in [1.165, 1.54) is 4.88 Å². The van der Waals surface area contributed by atoms with Crippen molar-refractivity contribution in [3.63, 3.8) is 0 Å². The van der Waals surface area contributed by atoms with Gasteiger partial charge in [0.25, 0.3) is 0 Å². The molecule has 0 atom stereocenters. The first kappa shape index (κ1) is 9.89. The monoisotopic (exact) mass is 245 g/mol. The Morgan fingerprint density at radius 2 is 2.36 bits per heavy atom. The van der Waals surface area contributed by atoms with Gasteiger partial charge in [-0.15, -0.1) is 11.3 Å². The maximum Gasteiger partial charge on any atom is 0.187 e. The second kappa shape index (κ2) is 4.25. The van der Waals surface area contributed by atoms with E-state index in [-0.39, 0.29) is 0 Å². The van der Waals surface area contributed by atoms with E-state index in [1.54, 1.807) is 11.3 Å². The summed E-state index contributed by atoms with van der Waals surface area (Å²) in [6.07, 6.45) is 0. The summed E-state index contributed by atoms with van der Waals surface area (Å²) in [5.41, 5.74) is 0. The summed E-state index contributed by atoms with van der Waals surface area (Å²) in [6, 6.07) is 4.13. The second-order valence-electron chi connectivity index (χ2n) is 2.81. The number of halogens is 1. The third kappa shape index (κ3) is 2.05. The Hall–Kier alpha value is -0.650. The van der Waals surface area contributed by atoms with Crippen molar-refractivity contribution in [3.05, 3.63) is 27.5 Å². The molecule has 0 aliphatic rings. The number of anilines is 1. The van der Waals surface area contributed by atoms with Crippen LogP contribution in [0.4, 0.5) is 5.82 Å². The molecular weight excluding hydrogens is 238 g/mol. The molecule has 0 fully saturated rings. The highest BCUT2D eigenvalue weighted by Crippen LogP contribution is 2.23. The van der Waals surface area contributed by atoms with Gasteiger partial charge in [0, 0.05) is 11.9 Å². The molecular formula is C8H8ClN3S2. The first-order chi connectivity index (χ1) is 6.77. The van der Waals surface area contributed by atoms with Crippen LogP contribution in [0.25, 0.3) is 0 Å². The largest absolute Gasteiger partial charge is 0.351 e. The van der Waals surface area contributed by atoms with Crippen LogP contribution in [-0.4, -0.2) is 15.8 Å². The van der Waals surface area contributed by atoms with E-state index in [0.29, 0.717) is 5.15 Å². The molecule has 0 saturated carbocycles. The van der Waals surface area contributed by atoms with Gasteiger partial charge < -0.3 is 4.90 Å². The summed E-state index contributed by atoms with van der Waals surface area (Å²) in [5, 5.41) is 2.54. The van der Waals surface area contributed by atoms with Gasteiger partial charge in [0.05, 0.1) is 18.3 Å². The van der Waals surface area contributed by atoms with E-state index in [0.717, 1.165) is 24.1 Å². The predicted molar refractivity (Wildman–Crippen MR) is 61.3 cm³/mol. The first-order valence-corrected chi connectivity index (χ1v) is 5.98. The molecule has 2 heterocycles. The molecule has 0 aliphatic carbocycles. The van der Waals surface area contributed by atoms with Gasteiger partial charge in [-0.1, -0.05) is 17.7 Å². The number of hydrogen-bond acceptors (Lipinski definition) is 5. The van der Waals surface area contributed by atoms with Crippen LogP contribution in [0.2, 0.25) is 5.15 Å². The molecule has 3 nitrogen and oxygen atoms in total. The molecule has 0 aromatic carbocycles. The maximum atomic E-state index is 5.87. The van der Waals surface area contributed by atoms with Gasteiger partial charge in [-0.05, 0) is 11.4 Å². The Bertz CT molecular complexity index is 398. The molecule has 2 aromatic heterocycles. The lowest BCUT2D eigenvalue weighted by Gasteiger charge is -2.14. The number of nitrogens with zero attached hydrogens (tertiary/aromatic N) is 3. The van der Waals surface area contributed by atoms with Crippen molar-refractivity contribution >= 4 is 40.5 Å². The fourth-order valence-electron chi connectivity index (χ4n) is 1.11. The van der Waals surface area contributed by atoms with Gasteiger partial charge in [-0.2, -0.15) is 8.75 Å². The quantitative estimate of drug-likeness (QED) is 0.833. The molecule has 0 N–H and O–H groups in total. The van der Waals surface area contributed by atoms with E-state index in [4.69, 9.17) is 11.6 Å². The number of thiophene rings is 1. The van der Waals surface area contributed by atoms with Crippen molar-refractivity contribution in [1.82, 2.24) is 8.75 Å². The predicted octanol–water partition coefficient (Wildman–Crippen LogP) is 2.89. The van der Waals surface area contributed by atoms with Crippen LogP contribution in [-0.2, 0) is 6.54 Å². The molecule has 14 heavy (non-hydrogen) atoms. The Morgan fingerprint density at radius 3 is 2.93 bits per heavy atom. The molecule has 2 rings (SSSR count). The summed E-state index contributed by atoms with van der Waals surface area (Å²) in [5.74, 6) is 0.755. The summed E-state index contributed by atoms with van der Waals surface area (Å²) < 4.78 is 8.05. The number of aromatic nitrogens is 2. The molecule has 0 aliphatic heterocycles. The van der Waals surface area contributed by atoms with Gasteiger partial charge in [-0.3, -0.25) is 0 Å². The number of rotatable bonds is 3. The average Bonchev–Trinajstić information content (AvgIpc) is 2.75. The van der Waals surface area contributed by atoms with Crippen LogP contribution in [0.1, 0.15) is 4.88 Å². The molecule has 0 spiro atoms. The summed E-state index contributed by atoms with van der Waals surface area (Å²) in [6.45, 7) is 0.822. The minimum absolute atomic E-state index is 0.481. The molecule has 2 aromatic rings. The summed E-state index contributed by atoms with van der Waals surface area (Å²) in [4.78, 5) is 3.29. The molecule has 0 saturated heterocycles. The average molecular weight is 246 g/mol. The van der Waals surface area contributed by atoms with Crippen LogP contribution < -0.4 is 4.90 Å². The highest BCUT2D eigenvalue weighted by Gasteiger charge is 2.10. The minimum atomic E-state index is 0.481. The second-order valence-corrected chi connectivity index (χ2v) is 4.73. The molecule has 0 unspecified atom stereocenters. The van der Waals surface area contributed by atoms with Gasteiger partial charge in [-0.25, -0.2) is 0 Å². The topological polar surface area (TPSA) is 29.0 Å². The Labute approximate surface area is 95.3 Å². The maximum absolute atomic E-state index is 5.87. The third-order valence-electron chi connectivity index (χ3n) is 1.77. The lowest BCUT2D eigenvalue weighted by Crippen LogP contribution is -2.16. The van der Waals surface area contributed by atoms with Crippen molar-refractivity contribution in [2.75, 3.05) is 11.9 Å². The molecule has 0 amide bonds. The zero-order chi connectivity index (χ0) is 9.97. The minimum Gasteiger partial charge on any atom is -0.351 e. The van der Waals surface area contributed by atoms with E-state index in [2.05, 4.69) is 20.2 Å². The van der Waals surface area contributed by atoms with Gasteiger partial charge >= 0.3 is 0 Å². The highest BCUT2D eigenvalue weighted by molar-refractivity contribution is 7.09. The highest BCUT2D eigenvalue weighted by atomic mass is 35.5. The van der Waals surface area contributed by atoms with E-state index >= 15 is 0 Å². The molecule has 74 valence electrons. The fraction of sp³-hybridized carbons (Fsp3) is 0.250. The van der Waals surface area contributed by atoms with Gasteiger partial charge in [0.15, 0.2) is 11.0 Å². The van der Waals surface area contributed by atoms with E-state index < -0.39 is 0 Å². The first-order valence-electron chi connectivity index (χ1n) is 3.99. The van der Waals surface area contributed by atoms with Crippen molar-refractivity contribution in [2.24, 2.45) is 0 Å². The Balaban J connectivity index is 2.10. The van der Waals surface area contributed by atoms with Crippen LogP contribution >= 0.6 is 34.7 Å². The Morgan fingerprint density at radius 1 is 1.50 bits per heavy atom. The van der Waals surface area contributed by atoms with Crippen molar-refractivity contribution in [2.45, 2.75) is 6.54 Å². The Kier molecular flexibility index (Phi) is 3.00. The van der Waals surface area contributed by atoms with Crippen LogP contribution in [0, 0.1) is 0 Å². The zero-order valence-electron chi connectivity index (χ0n) is 7.48. The third-order valence-corrected chi connectivity index (χ3v) is 3.50. The standard InChI is InChI=1S/C8H8ClN3S2/c1-12(5-6-3-2-4-13-6)8-7(9)10-14-11-8/h2-4H,5H2,1H3. The fourth-order valence-corrected chi connectivity index (χ4v) is 2.70. The van der Waals surface area contributed by atoms with Crippen molar-refractivity contribution < 1.29 is 0 Å². The van der Waals surface area contributed by atoms with Gasteiger partial charge in [0.2, 0.25) is 0 Å². The van der Waals surface area contributed by atoms with Gasteiger partial charge in [0.1, 0.15) is 0 Å². The lowest BCUT2D eigenvalue weighted by molar-refractivity contribution is 0.924. The van der Waals surface area contributed by atoms with Crippen molar-refractivity contribution in [1.29, 1.82) is 0 Å². The molecule has 6 heteroatoms. The summed E-state index contributed by atoms with van der Waals surface area (Å²) >= 11 is 8.74. The van der Waals surface area contributed by atoms with E-state index in [9.17, 15) is 0 Å². The van der Waals surface area contributed by atoms with Crippen LogP contribution in [0.5, 0.6) is 0 Å². The van der Waals surface area contributed by atoms with E-state index in [1.807, 2.05) is 18.0 Å². The zero-order valence-corrected chi connectivity index (χ0v) is 9.86. The van der Waals surface area contributed by atoms with Crippen molar-refractivity contribution in [3.8, 4) is 0 Å². The van der Waals surface area contributed by atoms with Crippen LogP contribution in [0.15, 0.2) is 17.5 Å².